The minimum Gasteiger partial charge on any atom is -0.323 e. The predicted octanol–water partition coefficient (Wildman–Crippen LogP) is 3.39. The Labute approximate surface area is 131 Å². The van der Waals surface area contributed by atoms with Crippen molar-refractivity contribution in [2.45, 2.75) is 58.0 Å². The molecule has 22 heavy (non-hydrogen) atoms. The molecule has 0 aromatic heterocycles. The van der Waals surface area contributed by atoms with Crippen LogP contribution in [0.25, 0.3) is 0 Å². The van der Waals surface area contributed by atoms with Crippen LogP contribution < -0.4 is 5.32 Å². The zero-order chi connectivity index (χ0) is 15.7. The molecule has 1 heterocycles. The van der Waals surface area contributed by atoms with Gasteiger partial charge in [0.15, 0.2) is 0 Å². The number of carbonyl (C=O) groups is 2. The van der Waals surface area contributed by atoms with Crippen molar-refractivity contribution < 1.29 is 9.59 Å². The number of rotatable bonds is 3. The van der Waals surface area contributed by atoms with Gasteiger partial charge in [-0.1, -0.05) is 43.2 Å². The Balaban J connectivity index is 1.73. The number of benzene rings is 1. The molecule has 1 saturated carbocycles. The molecule has 1 aromatic rings. The van der Waals surface area contributed by atoms with Crippen LogP contribution in [0, 0.1) is 12.8 Å². The van der Waals surface area contributed by atoms with Crippen LogP contribution in [0.15, 0.2) is 24.3 Å². The lowest BCUT2D eigenvalue weighted by Crippen LogP contribution is -2.49. The summed E-state index contributed by atoms with van der Waals surface area (Å²) in [6.07, 6.45) is 4.77. The van der Waals surface area contributed by atoms with E-state index < -0.39 is 5.54 Å². The third-order valence-electron chi connectivity index (χ3n) is 5.24. The summed E-state index contributed by atoms with van der Waals surface area (Å²) in [7, 11) is 0. The zero-order valence-electron chi connectivity index (χ0n) is 13.4. The molecule has 2 fully saturated rings. The van der Waals surface area contributed by atoms with Crippen LogP contribution in [0.5, 0.6) is 0 Å². The molecule has 4 heteroatoms. The number of urea groups is 1. The molecule has 1 aromatic carbocycles. The van der Waals surface area contributed by atoms with Crippen LogP contribution in [-0.4, -0.2) is 22.4 Å². The van der Waals surface area contributed by atoms with Crippen molar-refractivity contribution >= 4 is 11.9 Å². The Morgan fingerprint density at radius 2 is 1.82 bits per heavy atom. The van der Waals surface area contributed by atoms with Gasteiger partial charge in [0.05, 0.1) is 6.54 Å². The fourth-order valence-electron chi connectivity index (χ4n) is 3.61. The van der Waals surface area contributed by atoms with Crippen molar-refractivity contribution in [2.75, 3.05) is 0 Å². The molecule has 2 aliphatic rings. The van der Waals surface area contributed by atoms with E-state index in [0.717, 1.165) is 37.7 Å². The molecule has 1 saturated heterocycles. The highest BCUT2D eigenvalue weighted by Crippen LogP contribution is 2.37. The summed E-state index contributed by atoms with van der Waals surface area (Å²) in [6.45, 7) is 4.59. The molecule has 3 rings (SSSR count). The molecule has 1 N–H and O–H groups in total. The maximum atomic E-state index is 12.8. The van der Waals surface area contributed by atoms with Crippen molar-refractivity contribution in [1.82, 2.24) is 10.2 Å². The maximum Gasteiger partial charge on any atom is 0.325 e. The third kappa shape index (κ3) is 2.62. The first-order chi connectivity index (χ1) is 10.5. The molecular formula is C18H24N2O2. The molecule has 118 valence electrons. The lowest BCUT2D eigenvalue weighted by Gasteiger charge is -2.34. The molecule has 4 nitrogen and oxygen atoms in total. The summed E-state index contributed by atoms with van der Waals surface area (Å²) in [5, 5.41) is 2.98. The topological polar surface area (TPSA) is 49.4 Å². The van der Waals surface area contributed by atoms with E-state index in [1.54, 1.807) is 0 Å². The number of amides is 3. The molecule has 0 bridgehead atoms. The van der Waals surface area contributed by atoms with Crippen LogP contribution in [0.3, 0.4) is 0 Å². The molecule has 1 aliphatic heterocycles. The smallest absolute Gasteiger partial charge is 0.323 e. The first-order valence-electron chi connectivity index (χ1n) is 8.24. The van der Waals surface area contributed by atoms with E-state index in [0.29, 0.717) is 12.5 Å². The van der Waals surface area contributed by atoms with Crippen molar-refractivity contribution in [1.29, 1.82) is 0 Å². The van der Waals surface area contributed by atoms with E-state index in [1.807, 2.05) is 31.2 Å². The lowest BCUT2D eigenvalue weighted by molar-refractivity contribution is -0.133. The van der Waals surface area contributed by atoms with Gasteiger partial charge in [0, 0.05) is 0 Å². The van der Waals surface area contributed by atoms with Crippen LogP contribution >= 0.6 is 0 Å². The van der Waals surface area contributed by atoms with Crippen molar-refractivity contribution in [3.05, 3.63) is 35.4 Å². The van der Waals surface area contributed by atoms with Crippen LogP contribution in [0.2, 0.25) is 0 Å². The Bertz CT molecular complexity index is 571. The normalized spacial score (nSPS) is 28.3. The highest BCUT2D eigenvalue weighted by atomic mass is 16.2. The van der Waals surface area contributed by atoms with Crippen molar-refractivity contribution in [3.63, 3.8) is 0 Å². The molecule has 1 spiro atoms. The van der Waals surface area contributed by atoms with E-state index in [9.17, 15) is 9.59 Å². The maximum absolute atomic E-state index is 12.8. The number of nitrogens with zero attached hydrogens (tertiary/aromatic N) is 1. The van der Waals surface area contributed by atoms with Gasteiger partial charge in [-0.05, 0) is 44.1 Å². The SMILES string of the molecule is CCC1CCC2(CC1)NC(=O)N(Cc1ccc(C)cc1)C2=O. The second-order valence-electron chi connectivity index (χ2n) is 6.74. The zero-order valence-corrected chi connectivity index (χ0v) is 13.4. The summed E-state index contributed by atoms with van der Waals surface area (Å²) >= 11 is 0. The number of imide groups is 1. The fourth-order valence-corrected chi connectivity index (χ4v) is 3.61. The first-order valence-corrected chi connectivity index (χ1v) is 8.24. The molecule has 3 amide bonds. The Morgan fingerprint density at radius 1 is 1.18 bits per heavy atom. The van der Waals surface area contributed by atoms with Gasteiger partial charge in [0.25, 0.3) is 5.91 Å². The number of hydrogen-bond acceptors (Lipinski definition) is 2. The standard InChI is InChI=1S/C18H24N2O2/c1-3-14-8-10-18(11-9-14)16(21)20(17(22)19-18)12-15-6-4-13(2)5-7-15/h4-7,14H,3,8-12H2,1-2H3,(H,19,22). The second kappa shape index (κ2) is 5.75. The Kier molecular flexibility index (Phi) is 3.94. The number of nitrogens with one attached hydrogen (secondary N) is 1. The Hall–Kier alpha value is -1.84. The van der Waals surface area contributed by atoms with Gasteiger partial charge < -0.3 is 5.32 Å². The van der Waals surface area contributed by atoms with Gasteiger partial charge in [0.2, 0.25) is 0 Å². The van der Waals surface area contributed by atoms with Gasteiger partial charge in [0.1, 0.15) is 5.54 Å². The van der Waals surface area contributed by atoms with Gasteiger partial charge in [-0.3, -0.25) is 9.69 Å². The largest absolute Gasteiger partial charge is 0.325 e. The van der Waals surface area contributed by atoms with Gasteiger partial charge >= 0.3 is 6.03 Å². The summed E-state index contributed by atoms with van der Waals surface area (Å²) in [5.74, 6) is 0.661. The van der Waals surface area contributed by atoms with Crippen molar-refractivity contribution in [2.24, 2.45) is 5.92 Å². The van der Waals surface area contributed by atoms with E-state index in [4.69, 9.17) is 0 Å². The average molecular weight is 300 g/mol. The predicted molar refractivity (Wildman–Crippen MR) is 85.2 cm³/mol. The summed E-state index contributed by atoms with van der Waals surface area (Å²) < 4.78 is 0. The Morgan fingerprint density at radius 3 is 2.41 bits per heavy atom. The van der Waals surface area contributed by atoms with Crippen molar-refractivity contribution in [3.8, 4) is 0 Å². The minimum atomic E-state index is -0.631. The quantitative estimate of drug-likeness (QED) is 0.870. The van der Waals surface area contributed by atoms with Crippen LogP contribution in [0.1, 0.15) is 50.2 Å². The van der Waals surface area contributed by atoms with E-state index in [1.165, 1.54) is 10.5 Å². The molecule has 0 unspecified atom stereocenters. The lowest BCUT2D eigenvalue weighted by atomic mass is 9.75. The van der Waals surface area contributed by atoms with Gasteiger partial charge in [-0.2, -0.15) is 0 Å². The number of carbonyl (C=O) groups excluding carboxylic acids is 2. The second-order valence-corrected chi connectivity index (χ2v) is 6.74. The van der Waals surface area contributed by atoms with E-state index in [-0.39, 0.29) is 11.9 Å². The average Bonchev–Trinajstić information content (AvgIpc) is 2.75. The van der Waals surface area contributed by atoms with Crippen LogP contribution in [-0.2, 0) is 11.3 Å². The molecule has 0 atom stereocenters. The first kappa shape index (κ1) is 15.1. The van der Waals surface area contributed by atoms with E-state index >= 15 is 0 Å². The summed E-state index contributed by atoms with van der Waals surface area (Å²) in [6, 6.07) is 7.75. The number of hydrogen-bond donors (Lipinski definition) is 1. The molecule has 1 aliphatic carbocycles. The van der Waals surface area contributed by atoms with E-state index in [2.05, 4.69) is 12.2 Å². The monoisotopic (exact) mass is 300 g/mol. The minimum absolute atomic E-state index is 0.0346. The molecule has 0 radical (unpaired) electrons. The fraction of sp³-hybridized carbons (Fsp3) is 0.556. The van der Waals surface area contributed by atoms with Gasteiger partial charge in [-0.25, -0.2) is 4.79 Å². The highest BCUT2D eigenvalue weighted by Gasteiger charge is 2.52. The summed E-state index contributed by atoms with van der Waals surface area (Å²) in [4.78, 5) is 26.5. The molecular weight excluding hydrogens is 276 g/mol. The summed E-state index contributed by atoms with van der Waals surface area (Å²) in [5.41, 5.74) is 1.54. The van der Waals surface area contributed by atoms with Crippen LogP contribution in [0.4, 0.5) is 4.79 Å². The van der Waals surface area contributed by atoms with Gasteiger partial charge in [-0.15, -0.1) is 0 Å². The highest BCUT2D eigenvalue weighted by molar-refractivity contribution is 6.07. The number of aryl methyl sites for hydroxylation is 1. The third-order valence-corrected chi connectivity index (χ3v) is 5.24.